The molecule has 2 aromatic carbocycles. The van der Waals surface area contributed by atoms with E-state index in [2.05, 4.69) is 5.32 Å². The number of hydrogen-bond donors (Lipinski definition) is 1. The predicted octanol–water partition coefficient (Wildman–Crippen LogP) is 4.94. The second-order valence-electron chi connectivity index (χ2n) is 4.01. The lowest BCUT2D eigenvalue weighted by atomic mass is 10.2. The summed E-state index contributed by atoms with van der Waals surface area (Å²) in [6.07, 6.45) is 0. The van der Waals surface area contributed by atoms with E-state index in [0.717, 1.165) is 22.7 Å². The van der Waals surface area contributed by atoms with E-state index in [1.165, 1.54) is 0 Å². The van der Waals surface area contributed by atoms with Crippen molar-refractivity contribution in [2.24, 2.45) is 0 Å². The Morgan fingerprint density at radius 1 is 0.722 bits per heavy atom. The maximum atomic E-state index is 5.94. The molecule has 4 heteroatoms. The highest BCUT2D eigenvalue weighted by molar-refractivity contribution is 6.34. The molecule has 0 aliphatic carbocycles. The van der Waals surface area contributed by atoms with Crippen molar-refractivity contribution in [1.82, 2.24) is 5.32 Å². The normalized spacial score (nSPS) is 10.6. The first-order valence-electron chi connectivity index (χ1n) is 5.53. The minimum absolute atomic E-state index is 0.655. The standard InChI is InChI=1S/C14H12Cl3N/c15-12-3-1-2-10(4-12)8-18-9-11-5-13(16)7-14(17)6-11/h1-7,18H,8-9H2. The summed E-state index contributed by atoms with van der Waals surface area (Å²) in [5.41, 5.74) is 2.21. The summed E-state index contributed by atoms with van der Waals surface area (Å²) in [5.74, 6) is 0. The highest BCUT2D eigenvalue weighted by Gasteiger charge is 1.99. The van der Waals surface area contributed by atoms with Gasteiger partial charge in [0.05, 0.1) is 0 Å². The fourth-order valence-corrected chi connectivity index (χ4v) is 2.50. The molecule has 18 heavy (non-hydrogen) atoms. The molecule has 0 aromatic heterocycles. The topological polar surface area (TPSA) is 12.0 Å². The maximum Gasteiger partial charge on any atom is 0.0424 e. The van der Waals surface area contributed by atoms with Crippen LogP contribution in [-0.4, -0.2) is 0 Å². The van der Waals surface area contributed by atoms with E-state index in [9.17, 15) is 0 Å². The number of halogens is 3. The van der Waals surface area contributed by atoms with Gasteiger partial charge in [-0.3, -0.25) is 0 Å². The van der Waals surface area contributed by atoms with Gasteiger partial charge in [0.15, 0.2) is 0 Å². The molecular formula is C14H12Cl3N. The van der Waals surface area contributed by atoms with E-state index in [4.69, 9.17) is 34.8 Å². The Hall–Kier alpha value is -0.730. The van der Waals surface area contributed by atoms with E-state index in [0.29, 0.717) is 16.6 Å². The summed E-state index contributed by atoms with van der Waals surface area (Å²) in [6.45, 7) is 1.47. The molecule has 1 N–H and O–H groups in total. The van der Waals surface area contributed by atoms with Gasteiger partial charge in [-0.05, 0) is 41.5 Å². The third-order valence-corrected chi connectivity index (χ3v) is 3.14. The van der Waals surface area contributed by atoms with Crippen molar-refractivity contribution in [2.75, 3.05) is 0 Å². The van der Waals surface area contributed by atoms with Gasteiger partial charge in [0.1, 0.15) is 0 Å². The first-order chi connectivity index (χ1) is 8.63. The van der Waals surface area contributed by atoms with Crippen molar-refractivity contribution in [2.45, 2.75) is 13.1 Å². The van der Waals surface area contributed by atoms with Gasteiger partial charge in [-0.2, -0.15) is 0 Å². The van der Waals surface area contributed by atoms with Gasteiger partial charge in [0, 0.05) is 28.2 Å². The van der Waals surface area contributed by atoms with E-state index in [1.54, 1.807) is 6.07 Å². The molecule has 0 amide bonds. The largest absolute Gasteiger partial charge is 0.309 e. The molecule has 94 valence electrons. The summed E-state index contributed by atoms with van der Waals surface area (Å²) in [5, 5.41) is 5.38. The van der Waals surface area contributed by atoms with Gasteiger partial charge in [-0.15, -0.1) is 0 Å². The zero-order valence-electron chi connectivity index (χ0n) is 9.59. The third-order valence-electron chi connectivity index (χ3n) is 2.47. The molecule has 0 aliphatic rings. The molecule has 2 rings (SSSR count). The number of rotatable bonds is 4. The van der Waals surface area contributed by atoms with Crippen LogP contribution >= 0.6 is 34.8 Å². The van der Waals surface area contributed by atoms with Crippen LogP contribution in [0.3, 0.4) is 0 Å². The Morgan fingerprint density at radius 3 is 2.00 bits per heavy atom. The van der Waals surface area contributed by atoms with E-state index >= 15 is 0 Å². The molecular weight excluding hydrogens is 289 g/mol. The molecule has 2 aromatic rings. The molecule has 0 spiro atoms. The Kier molecular flexibility index (Phi) is 4.90. The second kappa shape index (κ2) is 6.44. The van der Waals surface area contributed by atoms with Crippen LogP contribution in [0.15, 0.2) is 42.5 Å². The Balaban J connectivity index is 1.92. The van der Waals surface area contributed by atoms with Crippen molar-refractivity contribution < 1.29 is 0 Å². The van der Waals surface area contributed by atoms with Crippen LogP contribution in [-0.2, 0) is 13.1 Å². The Morgan fingerprint density at radius 2 is 1.33 bits per heavy atom. The van der Waals surface area contributed by atoms with Gasteiger partial charge in [0.2, 0.25) is 0 Å². The third kappa shape index (κ3) is 4.18. The quantitative estimate of drug-likeness (QED) is 0.843. The van der Waals surface area contributed by atoms with Crippen LogP contribution < -0.4 is 5.32 Å². The summed E-state index contributed by atoms with van der Waals surface area (Å²) in [7, 11) is 0. The second-order valence-corrected chi connectivity index (χ2v) is 5.32. The fraction of sp³-hybridized carbons (Fsp3) is 0.143. The van der Waals surface area contributed by atoms with Gasteiger partial charge in [0.25, 0.3) is 0 Å². The molecule has 0 aliphatic heterocycles. The number of benzene rings is 2. The van der Waals surface area contributed by atoms with Crippen molar-refractivity contribution >= 4 is 34.8 Å². The summed E-state index contributed by atoms with van der Waals surface area (Å²) >= 11 is 17.8. The van der Waals surface area contributed by atoms with E-state index in [1.807, 2.05) is 36.4 Å². The van der Waals surface area contributed by atoms with E-state index < -0.39 is 0 Å². The molecule has 0 bridgehead atoms. The first-order valence-corrected chi connectivity index (χ1v) is 6.67. The molecule has 0 heterocycles. The lowest BCUT2D eigenvalue weighted by Gasteiger charge is -2.06. The number of nitrogens with one attached hydrogen (secondary N) is 1. The molecule has 0 saturated heterocycles. The molecule has 0 radical (unpaired) electrons. The lowest BCUT2D eigenvalue weighted by molar-refractivity contribution is 0.693. The van der Waals surface area contributed by atoms with Crippen LogP contribution in [0, 0.1) is 0 Å². The maximum absolute atomic E-state index is 5.94. The van der Waals surface area contributed by atoms with Crippen LogP contribution in [0.2, 0.25) is 15.1 Å². The molecule has 0 saturated carbocycles. The van der Waals surface area contributed by atoms with Crippen molar-refractivity contribution in [3.8, 4) is 0 Å². The highest BCUT2D eigenvalue weighted by atomic mass is 35.5. The zero-order chi connectivity index (χ0) is 13.0. The monoisotopic (exact) mass is 299 g/mol. The van der Waals surface area contributed by atoms with Crippen LogP contribution in [0.4, 0.5) is 0 Å². The minimum atomic E-state index is 0.655. The smallest absolute Gasteiger partial charge is 0.0424 e. The van der Waals surface area contributed by atoms with Crippen LogP contribution in [0.1, 0.15) is 11.1 Å². The summed E-state index contributed by atoms with van der Waals surface area (Å²) < 4.78 is 0. The average molecular weight is 301 g/mol. The van der Waals surface area contributed by atoms with Crippen molar-refractivity contribution in [1.29, 1.82) is 0 Å². The Labute approximate surface area is 122 Å². The van der Waals surface area contributed by atoms with Gasteiger partial charge < -0.3 is 5.32 Å². The summed E-state index contributed by atoms with van der Waals surface area (Å²) in [4.78, 5) is 0. The lowest BCUT2D eigenvalue weighted by Crippen LogP contribution is -2.12. The van der Waals surface area contributed by atoms with Crippen molar-refractivity contribution in [3.63, 3.8) is 0 Å². The molecule has 0 unspecified atom stereocenters. The summed E-state index contributed by atoms with van der Waals surface area (Å²) in [6, 6.07) is 13.3. The average Bonchev–Trinajstić information content (AvgIpc) is 2.27. The highest BCUT2D eigenvalue weighted by Crippen LogP contribution is 2.19. The van der Waals surface area contributed by atoms with Gasteiger partial charge in [-0.25, -0.2) is 0 Å². The van der Waals surface area contributed by atoms with Crippen molar-refractivity contribution in [3.05, 3.63) is 68.7 Å². The first kappa shape index (κ1) is 13.7. The number of hydrogen-bond acceptors (Lipinski definition) is 1. The zero-order valence-corrected chi connectivity index (χ0v) is 11.9. The predicted molar refractivity (Wildman–Crippen MR) is 78.5 cm³/mol. The molecule has 1 nitrogen and oxygen atoms in total. The van der Waals surface area contributed by atoms with Crippen LogP contribution in [0.5, 0.6) is 0 Å². The SMILES string of the molecule is Clc1cccc(CNCc2cc(Cl)cc(Cl)c2)c1. The van der Waals surface area contributed by atoms with E-state index in [-0.39, 0.29) is 0 Å². The fourth-order valence-electron chi connectivity index (χ4n) is 1.71. The van der Waals surface area contributed by atoms with Gasteiger partial charge in [-0.1, -0.05) is 46.9 Å². The molecule has 0 atom stereocenters. The van der Waals surface area contributed by atoms with Gasteiger partial charge >= 0.3 is 0 Å². The Bertz CT molecular complexity index is 520. The molecule has 0 fully saturated rings. The van der Waals surface area contributed by atoms with Crippen LogP contribution in [0.25, 0.3) is 0 Å². The minimum Gasteiger partial charge on any atom is -0.309 e.